The summed E-state index contributed by atoms with van der Waals surface area (Å²) in [5.41, 5.74) is 7.21. The van der Waals surface area contributed by atoms with Gasteiger partial charge in [-0.15, -0.1) is 10.2 Å². The first-order chi connectivity index (χ1) is 11.1. The lowest BCUT2D eigenvalue weighted by Crippen LogP contribution is -2.68. The molecule has 0 fully saturated rings. The molecule has 24 heavy (non-hydrogen) atoms. The normalized spacial score (nSPS) is 10.9. The third kappa shape index (κ3) is 5.80. The molecule has 4 N–H and O–H groups in total. The minimum Gasteiger partial charge on any atom is -0.404 e. The smallest absolute Gasteiger partial charge is 0.377 e. The highest BCUT2D eigenvalue weighted by Gasteiger charge is 2.12. The van der Waals surface area contributed by atoms with Gasteiger partial charge in [0.2, 0.25) is 0 Å². The Morgan fingerprint density at radius 2 is 1.75 bits per heavy atom. The van der Waals surface area contributed by atoms with Gasteiger partial charge in [0.05, 0.1) is 0 Å². The maximum Gasteiger partial charge on any atom is 0.377 e. The van der Waals surface area contributed by atoms with Crippen LogP contribution in [0, 0.1) is 10.2 Å². The van der Waals surface area contributed by atoms with Gasteiger partial charge in [-0.1, -0.05) is 0 Å². The van der Waals surface area contributed by atoms with Crippen molar-refractivity contribution in [3.8, 4) is 0 Å². The topological polar surface area (TPSA) is 177 Å². The zero-order valence-electron chi connectivity index (χ0n) is 13.2. The summed E-state index contributed by atoms with van der Waals surface area (Å²) in [7, 11) is -4.94. The maximum absolute atomic E-state index is 11.2. The van der Waals surface area contributed by atoms with Gasteiger partial charge in [-0.3, -0.25) is 4.79 Å². The third-order valence-corrected chi connectivity index (χ3v) is 3.18. The van der Waals surface area contributed by atoms with Crippen LogP contribution in [-0.4, -0.2) is 19.0 Å². The van der Waals surface area contributed by atoms with Crippen LogP contribution in [0.2, 0.25) is 0 Å². The van der Waals surface area contributed by atoms with E-state index in [1.165, 1.54) is 0 Å². The van der Waals surface area contributed by atoms with Crippen molar-refractivity contribution >= 4 is 22.6 Å². The van der Waals surface area contributed by atoms with Crippen LogP contribution in [-0.2, 0) is 0 Å². The third-order valence-electron chi connectivity index (χ3n) is 3.18. The predicted molar refractivity (Wildman–Crippen MR) is 73.4 cm³/mol. The second kappa shape index (κ2) is 8.08. The number of hydrogen-bond donors (Lipinski definition) is 2. The molecule has 10 heteroatoms. The van der Waals surface area contributed by atoms with Crippen LogP contribution < -0.4 is 40.2 Å². The summed E-state index contributed by atoms with van der Waals surface area (Å²) in [6.07, 6.45) is 0. The second-order valence-corrected chi connectivity index (χ2v) is 5.42. The van der Waals surface area contributed by atoms with Gasteiger partial charge in [0.15, 0.2) is 5.56 Å². The highest BCUT2D eigenvalue weighted by Crippen LogP contribution is 2.21. The summed E-state index contributed by atoms with van der Waals surface area (Å²) in [5.74, 6) is -0.587. The van der Waals surface area contributed by atoms with Gasteiger partial charge in [-0.2, -0.15) is 0 Å². The fourth-order valence-electron chi connectivity index (χ4n) is 2.11. The molecule has 0 atom stereocenters. The fourth-order valence-corrected chi connectivity index (χ4v) is 2.11. The molecular weight excluding hydrogens is 342 g/mol. The van der Waals surface area contributed by atoms with Crippen molar-refractivity contribution in [3.05, 3.63) is 35.4 Å². The molecule has 2 rings (SSSR count). The molecule has 1 amide bonds. The van der Waals surface area contributed by atoms with E-state index in [4.69, 9.17) is 34.2 Å². The Balaban J connectivity index is 0.000000505. The van der Waals surface area contributed by atoms with Gasteiger partial charge in [0.25, 0.3) is 5.91 Å². The first-order valence-electron chi connectivity index (χ1n) is 6.89. The van der Waals surface area contributed by atoms with Gasteiger partial charge in [-0.25, -0.2) is 24.0 Å². The molecule has 0 saturated heterocycles. The number of benzene rings is 1. The Morgan fingerprint density at radius 1 is 1.21 bits per heavy atom. The Morgan fingerprint density at radius 3 is 2.21 bits per heavy atom. The monoisotopic (exact) mass is 359 g/mol. The second-order valence-electron chi connectivity index (χ2n) is 4.66. The minimum atomic E-state index is -4.94. The quantitative estimate of drug-likeness (QED) is 0.550. The highest BCUT2D eigenvalue weighted by atomic mass is 35.7. The number of hydrogen-bond acceptors (Lipinski definition) is 7. The zero-order chi connectivity index (χ0) is 18.5. The van der Waals surface area contributed by atoms with E-state index >= 15 is 0 Å². The first-order valence-corrected chi connectivity index (χ1v) is 8.13. The lowest BCUT2D eigenvalue weighted by molar-refractivity contribution is -2.00. The summed E-state index contributed by atoms with van der Waals surface area (Å²) in [6.45, 7) is 6.01. The van der Waals surface area contributed by atoms with Crippen LogP contribution in [0.3, 0.4) is 0 Å². The van der Waals surface area contributed by atoms with E-state index in [0.717, 1.165) is 24.2 Å². The molecule has 0 aliphatic heterocycles. The standard InChI is InChI=1S/C14H17N3O2.ClHO4/c1-3-17(4-2)10-6-5-9-7-11(13(15)18)14(16)19-12(9)8-10;2-1(3,4)5/h5-8,16H,3-4H2,1-2H3,(H2,15,18);(H,2,3,4,5). The molecule has 0 unspecified atom stereocenters. The van der Waals surface area contributed by atoms with Crippen molar-refractivity contribution in [2.75, 3.05) is 18.0 Å². The molecule has 1 aromatic heterocycles. The van der Waals surface area contributed by atoms with Crippen molar-refractivity contribution in [1.82, 2.24) is 0 Å². The molecule has 132 valence electrons. The van der Waals surface area contributed by atoms with E-state index in [0.29, 0.717) is 5.58 Å². The van der Waals surface area contributed by atoms with Gasteiger partial charge in [-0.05, 0) is 32.0 Å². The first kappa shape index (κ1) is 19.9. The fraction of sp³-hybridized carbons (Fsp3) is 0.286. The SMILES string of the molecule is CCN(CC)c1ccc2cc(C(N)=O)c(=[NH2+])oc2c1.[O-][Cl+3]([O-])([O-])[O-]. The molecule has 9 nitrogen and oxygen atoms in total. The molecular formula is C14H18ClN3O6. The largest absolute Gasteiger partial charge is 0.404 e. The Kier molecular flexibility index (Phi) is 6.70. The Labute approximate surface area is 139 Å². The molecule has 2 aromatic rings. The van der Waals surface area contributed by atoms with Crippen LogP contribution in [0.1, 0.15) is 24.2 Å². The predicted octanol–water partition coefficient (Wildman–Crippen LogP) is -4.72. The number of nitrogens with two attached hydrogens (primary N) is 2. The van der Waals surface area contributed by atoms with Crippen LogP contribution in [0.25, 0.3) is 11.0 Å². The maximum atomic E-state index is 11.2. The van der Waals surface area contributed by atoms with Crippen LogP contribution in [0.15, 0.2) is 28.7 Å². The van der Waals surface area contributed by atoms with E-state index in [1.54, 1.807) is 6.07 Å². The Bertz CT molecular complexity index is 761. The number of halogens is 1. The van der Waals surface area contributed by atoms with Crippen molar-refractivity contribution in [2.45, 2.75) is 13.8 Å². The van der Waals surface area contributed by atoms with E-state index in [2.05, 4.69) is 18.7 Å². The number of amides is 1. The highest BCUT2D eigenvalue weighted by molar-refractivity contribution is 5.95. The molecule has 0 aliphatic rings. The van der Waals surface area contributed by atoms with E-state index in [9.17, 15) is 4.79 Å². The molecule has 1 heterocycles. The molecule has 0 aliphatic carbocycles. The summed E-state index contributed by atoms with van der Waals surface area (Å²) < 4.78 is 39.5. The van der Waals surface area contributed by atoms with Gasteiger partial charge in [0.1, 0.15) is 5.58 Å². The summed E-state index contributed by atoms with van der Waals surface area (Å²) in [5, 5.41) is 6.50. The van der Waals surface area contributed by atoms with E-state index in [-0.39, 0.29) is 11.1 Å². The van der Waals surface area contributed by atoms with Crippen molar-refractivity contribution in [3.63, 3.8) is 0 Å². The summed E-state index contributed by atoms with van der Waals surface area (Å²) >= 11 is 0. The summed E-state index contributed by atoms with van der Waals surface area (Å²) in [6, 6.07) is 7.47. The number of anilines is 1. The Hall–Kier alpha value is -2.17. The zero-order valence-corrected chi connectivity index (χ0v) is 13.9. The van der Waals surface area contributed by atoms with E-state index < -0.39 is 16.2 Å². The average molecular weight is 360 g/mol. The number of carbonyl (C=O) groups excluding carboxylic acids is 1. The minimum absolute atomic E-state index is 0.0525. The van der Waals surface area contributed by atoms with Crippen molar-refractivity contribution in [1.29, 1.82) is 0 Å². The van der Waals surface area contributed by atoms with Crippen molar-refractivity contribution in [2.24, 2.45) is 5.73 Å². The molecule has 1 aromatic carbocycles. The van der Waals surface area contributed by atoms with Gasteiger partial charge >= 0.3 is 5.55 Å². The van der Waals surface area contributed by atoms with Crippen molar-refractivity contribution < 1.29 is 43.5 Å². The van der Waals surface area contributed by atoms with Crippen LogP contribution in [0.5, 0.6) is 0 Å². The number of fused-ring (bicyclic) bond motifs is 1. The van der Waals surface area contributed by atoms with Crippen LogP contribution in [0.4, 0.5) is 5.69 Å². The molecule has 0 spiro atoms. The van der Waals surface area contributed by atoms with Gasteiger partial charge < -0.3 is 15.1 Å². The van der Waals surface area contributed by atoms with Gasteiger partial charge in [0, 0.05) is 30.2 Å². The van der Waals surface area contributed by atoms with Crippen LogP contribution >= 0.6 is 0 Å². The summed E-state index contributed by atoms with van der Waals surface area (Å²) in [4.78, 5) is 13.4. The molecule has 0 saturated carbocycles. The molecule has 0 bridgehead atoms. The lowest BCUT2D eigenvalue weighted by Gasteiger charge is -2.20. The number of primary amides is 1. The van der Waals surface area contributed by atoms with E-state index in [1.807, 2.05) is 18.2 Å². The molecule has 0 radical (unpaired) electrons. The number of nitrogens with zero attached hydrogens (tertiary/aromatic N) is 1. The average Bonchev–Trinajstić information content (AvgIpc) is 2.45. The number of carbonyl (C=O) groups is 1. The number of rotatable bonds is 4. The lowest BCUT2D eigenvalue weighted by atomic mass is 10.1.